The van der Waals surface area contributed by atoms with Crippen molar-refractivity contribution in [1.82, 2.24) is 10.2 Å². The third-order valence-corrected chi connectivity index (χ3v) is 5.92. The van der Waals surface area contributed by atoms with Crippen molar-refractivity contribution in [2.75, 3.05) is 21.3 Å². The predicted molar refractivity (Wildman–Crippen MR) is 116 cm³/mol. The van der Waals surface area contributed by atoms with Crippen molar-refractivity contribution in [2.24, 2.45) is 0 Å². The maximum absolute atomic E-state index is 13.1. The number of hydrogen-bond donors (Lipinski definition) is 1. The van der Waals surface area contributed by atoms with Gasteiger partial charge in [-0.25, -0.2) is 4.79 Å². The minimum absolute atomic E-state index is 0.0929. The number of urea groups is 1. The van der Waals surface area contributed by atoms with Gasteiger partial charge in [0.1, 0.15) is 22.8 Å². The van der Waals surface area contributed by atoms with E-state index in [0.717, 1.165) is 15.8 Å². The second kappa shape index (κ2) is 8.95. The molecule has 1 fully saturated rings. The van der Waals surface area contributed by atoms with Crippen molar-refractivity contribution in [1.29, 1.82) is 0 Å². The summed E-state index contributed by atoms with van der Waals surface area (Å²) in [4.78, 5) is 27.0. The van der Waals surface area contributed by atoms with Gasteiger partial charge in [-0.15, -0.1) is 0 Å². The number of halogens is 1. The Morgan fingerprint density at radius 3 is 2.27 bits per heavy atom. The molecule has 0 bridgehead atoms. The highest BCUT2D eigenvalue weighted by Crippen LogP contribution is 2.34. The molecule has 0 unspecified atom stereocenters. The van der Waals surface area contributed by atoms with E-state index in [-0.39, 0.29) is 12.5 Å². The van der Waals surface area contributed by atoms with Crippen molar-refractivity contribution in [3.63, 3.8) is 0 Å². The van der Waals surface area contributed by atoms with Crippen LogP contribution in [0.4, 0.5) is 4.79 Å². The number of aryl methyl sites for hydroxylation is 1. The van der Waals surface area contributed by atoms with Crippen LogP contribution in [0.25, 0.3) is 0 Å². The molecule has 0 aromatic heterocycles. The summed E-state index contributed by atoms with van der Waals surface area (Å²) >= 11 is 3.42. The molecule has 3 rings (SSSR count). The topological polar surface area (TPSA) is 77.1 Å². The highest BCUT2D eigenvalue weighted by atomic mass is 79.9. The molecule has 30 heavy (non-hydrogen) atoms. The quantitative estimate of drug-likeness (QED) is 0.584. The lowest BCUT2D eigenvalue weighted by molar-refractivity contribution is -0.131. The number of methoxy groups -OCH3 is 3. The van der Waals surface area contributed by atoms with Crippen molar-refractivity contribution in [2.45, 2.75) is 31.8 Å². The maximum atomic E-state index is 13.1. The molecule has 3 amide bonds. The second-order valence-corrected chi connectivity index (χ2v) is 8.15. The van der Waals surface area contributed by atoms with Crippen LogP contribution in [0.3, 0.4) is 0 Å². The van der Waals surface area contributed by atoms with Crippen LogP contribution in [-0.4, -0.2) is 43.7 Å². The zero-order valence-electron chi connectivity index (χ0n) is 17.5. The lowest BCUT2D eigenvalue weighted by atomic mass is 9.93. The van der Waals surface area contributed by atoms with Crippen LogP contribution in [0.5, 0.6) is 17.2 Å². The van der Waals surface area contributed by atoms with Crippen molar-refractivity contribution < 1.29 is 23.8 Å². The van der Waals surface area contributed by atoms with E-state index in [0.29, 0.717) is 29.9 Å². The van der Waals surface area contributed by atoms with Crippen LogP contribution in [-0.2, 0) is 17.8 Å². The van der Waals surface area contributed by atoms with Gasteiger partial charge in [-0.2, -0.15) is 0 Å². The molecule has 1 aliphatic heterocycles. The molecule has 0 radical (unpaired) electrons. The molecule has 0 saturated carbocycles. The van der Waals surface area contributed by atoms with E-state index in [1.54, 1.807) is 40.4 Å². The largest absolute Gasteiger partial charge is 0.497 e. The monoisotopic (exact) mass is 476 g/mol. The van der Waals surface area contributed by atoms with Crippen LogP contribution in [0.15, 0.2) is 40.9 Å². The molecule has 160 valence electrons. The van der Waals surface area contributed by atoms with Crippen LogP contribution in [0.2, 0.25) is 0 Å². The van der Waals surface area contributed by atoms with Gasteiger partial charge in [0.25, 0.3) is 5.91 Å². The smallest absolute Gasteiger partial charge is 0.325 e. The third-order valence-electron chi connectivity index (χ3n) is 5.30. The van der Waals surface area contributed by atoms with Gasteiger partial charge in [-0.3, -0.25) is 9.69 Å². The number of nitrogens with one attached hydrogen (secondary N) is 1. The average molecular weight is 477 g/mol. The summed E-state index contributed by atoms with van der Waals surface area (Å²) in [5.41, 5.74) is 0.779. The van der Waals surface area contributed by atoms with Gasteiger partial charge in [0, 0.05) is 5.56 Å². The van der Waals surface area contributed by atoms with Crippen LogP contribution in [0.1, 0.15) is 24.5 Å². The van der Waals surface area contributed by atoms with E-state index < -0.39 is 11.6 Å². The Morgan fingerprint density at radius 2 is 1.67 bits per heavy atom. The molecule has 1 atom stereocenters. The Morgan fingerprint density at radius 1 is 1.00 bits per heavy atom. The number of rotatable bonds is 8. The average Bonchev–Trinajstić information content (AvgIpc) is 2.96. The Balaban J connectivity index is 1.75. The van der Waals surface area contributed by atoms with Crippen molar-refractivity contribution in [3.05, 3.63) is 52.0 Å². The maximum Gasteiger partial charge on any atom is 0.325 e. The van der Waals surface area contributed by atoms with Gasteiger partial charge < -0.3 is 19.5 Å². The summed E-state index contributed by atoms with van der Waals surface area (Å²) in [5, 5.41) is 2.85. The Bertz CT molecular complexity index is 947. The summed E-state index contributed by atoms with van der Waals surface area (Å²) in [6.45, 7) is 1.85. The lowest BCUT2D eigenvalue weighted by Crippen LogP contribution is -2.44. The summed E-state index contributed by atoms with van der Waals surface area (Å²) in [5.74, 6) is 1.68. The first-order chi connectivity index (χ1) is 14.3. The van der Waals surface area contributed by atoms with E-state index >= 15 is 0 Å². The van der Waals surface area contributed by atoms with Crippen molar-refractivity contribution in [3.8, 4) is 17.2 Å². The molecule has 1 N–H and O–H groups in total. The number of nitrogens with zero attached hydrogens (tertiary/aromatic N) is 1. The highest BCUT2D eigenvalue weighted by Gasteiger charge is 2.47. The molecule has 1 aliphatic rings. The van der Waals surface area contributed by atoms with Crippen molar-refractivity contribution >= 4 is 27.9 Å². The second-order valence-electron chi connectivity index (χ2n) is 7.30. The number of benzene rings is 2. The summed E-state index contributed by atoms with van der Waals surface area (Å²) in [7, 11) is 4.72. The fraction of sp³-hybridized carbons (Fsp3) is 0.364. The van der Waals surface area contributed by atoms with Gasteiger partial charge in [0.15, 0.2) is 0 Å². The summed E-state index contributed by atoms with van der Waals surface area (Å²) in [6, 6.07) is 10.8. The van der Waals surface area contributed by atoms with Crippen LogP contribution < -0.4 is 19.5 Å². The lowest BCUT2D eigenvalue weighted by Gasteiger charge is -2.22. The van der Waals surface area contributed by atoms with Gasteiger partial charge in [0.2, 0.25) is 0 Å². The first kappa shape index (κ1) is 22.0. The molecule has 0 aliphatic carbocycles. The Kier molecular flexibility index (Phi) is 6.55. The molecule has 7 nitrogen and oxygen atoms in total. The zero-order valence-corrected chi connectivity index (χ0v) is 19.0. The molecule has 0 spiro atoms. The molecule has 1 heterocycles. The van der Waals surface area contributed by atoms with E-state index in [9.17, 15) is 9.59 Å². The minimum Gasteiger partial charge on any atom is -0.497 e. The van der Waals surface area contributed by atoms with Gasteiger partial charge >= 0.3 is 6.03 Å². The molecular formula is C22H25BrN2O5. The summed E-state index contributed by atoms with van der Waals surface area (Å²) < 4.78 is 16.7. The van der Waals surface area contributed by atoms with Gasteiger partial charge in [-0.05, 0) is 65.5 Å². The Labute approximate surface area is 184 Å². The SMILES string of the molecule is COc1ccc(CC[C@@]2(C)NC(=O)N(Cc3cc(OC)c(Br)cc3OC)C2=O)cc1. The van der Waals surface area contributed by atoms with E-state index in [1.807, 2.05) is 24.3 Å². The third kappa shape index (κ3) is 4.38. The number of hydrogen-bond acceptors (Lipinski definition) is 5. The fourth-order valence-corrected chi connectivity index (χ4v) is 3.95. The molecule has 8 heteroatoms. The number of carbonyl (C=O) groups is 2. The molecule has 2 aromatic carbocycles. The van der Waals surface area contributed by atoms with Gasteiger partial charge in [-0.1, -0.05) is 12.1 Å². The van der Waals surface area contributed by atoms with Gasteiger partial charge in [0.05, 0.1) is 32.3 Å². The van der Waals surface area contributed by atoms with E-state index in [2.05, 4.69) is 21.2 Å². The summed E-state index contributed by atoms with van der Waals surface area (Å²) in [6.07, 6.45) is 1.14. The first-order valence-electron chi connectivity index (χ1n) is 9.48. The van der Waals surface area contributed by atoms with Crippen LogP contribution in [0, 0.1) is 0 Å². The Hall–Kier alpha value is -2.74. The van der Waals surface area contributed by atoms with E-state index in [4.69, 9.17) is 14.2 Å². The fourth-order valence-electron chi connectivity index (χ4n) is 3.46. The standard InChI is InChI=1S/C22H25BrN2O5/c1-22(10-9-14-5-7-16(28-2)8-6-14)20(26)25(21(27)24-22)13-15-11-19(30-4)17(23)12-18(15)29-3/h5-8,11-12H,9-10,13H2,1-4H3,(H,24,27)/t22-/m1/s1. The van der Waals surface area contributed by atoms with E-state index in [1.165, 1.54) is 4.90 Å². The highest BCUT2D eigenvalue weighted by molar-refractivity contribution is 9.10. The molecule has 1 saturated heterocycles. The number of ether oxygens (including phenoxy) is 3. The number of imide groups is 1. The number of amides is 3. The zero-order chi connectivity index (χ0) is 21.9. The van der Waals surface area contributed by atoms with Crippen LogP contribution >= 0.6 is 15.9 Å². The minimum atomic E-state index is -0.969. The predicted octanol–water partition coefficient (Wildman–Crippen LogP) is 3.92. The number of carbonyl (C=O) groups excluding carboxylic acids is 2. The first-order valence-corrected chi connectivity index (χ1v) is 10.3. The normalized spacial score (nSPS) is 18.4. The molecular weight excluding hydrogens is 452 g/mol. The molecule has 2 aromatic rings.